The summed E-state index contributed by atoms with van der Waals surface area (Å²) in [5.41, 5.74) is 4.23. The van der Waals surface area contributed by atoms with Crippen LogP contribution in [-0.4, -0.2) is 33.9 Å². The number of pyridine rings is 2. The van der Waals surface area contributed by atoms with Crippen LogP contribution in [0.15, 0.2) is 59.4 Å². The third kappa shape index (κ3) is 4.54. The number of methoxy groups -OCH3 is 1. The summed E-state index contributed by atoms with van der Waals surface area (Å²) in [6.07, 6.45) is 1.77. The minimum atomic E-state index is -0.383. The number of rotatable bonds is 6. The Morgan fingerprint density at radius 3 is 2.54 bits per heavy atom. The lowest BCUT2D eigenvalue weighted by atomic mass is 10.0. The van der Waals surface area contributed by atoms with Crippen molar-refractivity contribution in [3.8, 4) is 17.0 Å². The molecule has 35 heavy (non-hydrogen) atoms. The highest BCUT2D eigenvalue weighted by molar-refractivity contribution is 5.94. The number of halogens is 1. The van der Waals surface area contributed by atoms with E-state index in [4.69, 9.17) is 9.72 Å². The van der Waals surface area contributed by atoms with Gasteiger partial charge in [-0.3, -0.25) is 9.59 Å². The van der Waals surface area contributed by atoms with Crippen LogP contribution in [0.25, 0.3) is 22.2 Å². The Balaban J connectivity index is 1.60. The first kappa shape index (κ1) is 22.8. The van der Waals surface area contributed by atoms with Crippen LogP contribution in [-0.2, 0) is 6.54 Å². The van der Waals surface area contributed by atoms with Gasteiger partial charge in [-0.2, -0.15) is 0 Å². The quantitative estimate of drug-likeness (QED) is 0.422. The minimum Gasteiger partial charge on any atom is -0.497 e. The molecule has 4 aromatic rings. The van der Waals surface area contributed by atoms with E-state index in [1.54, 1.807) is 24.1 Å². The molecule has 6 nitrogen and oxygen atoms in total. The number of hydrogen-bond acceptors (Lipinski definition) is 4. The number of amides is 1. The normalized spacial score (nSPS) is 13.1. The fourth-order valence-corrected chi connectivity index (χ4v) is 4.28. The van der Waals surface area contributed by atoms with Gasteiger partial charge < -0.3 is 14.6 Å². The Morgan fingerprint density at radius 1 is 1.11 bits per heavy atom. The molecular formula is C28H26FN3O3. The lowest BCUT2D eigenvalue weighted by molar-refractivity contribution is 0.0728. The van der Waals surface area contributed by atoms with Gasteiger partial charge in [-0.05, 0) is 86.3 Å². The van der Waals surface area contributed by atoms with Crippen LogP contribution in [0.4, 0.5) is 4.39 Å². The predicted octanol–water partition coefficient (Wildman–Crippen LogP) is 5.16. The lowest BCUT2D eigenvalue weighted by Crippen LogP contribution is -2.36. The van der Waals surface area contributed by atoms with Crippen molar-refractivity contribution >= 4 is 16.8 Å². The van der Waals surface area contributed by atoms with Crippen LogP contribution in [0.5, 0.6) is 5.75 Å². The van der Waals surface area contributed by atoms with Gasteiger partial charge in [0.1, 0.15) is 17.1 Å². The molecule has 0 bridgehead atoms. The fourth-order valence-electron chi connectivity index (χ4n) is 4.28. The maximum absolute atomic E-state index is 13.9. The summed E-state index contributed by atoms with van der Waals surface area (Å²) in [5.74, 6) is 0.0600. The maximum atomic E-state index is 13.9. The zero-order valence-corrected chi connectivity index (χ0v) is 19.9. The van der Waals surface area contributed by atoms with Gasteiger partial charge in [0.2, 0.25) is 0 Å². The number of aromatic nitrogens is 2. The zero-order chi connectivity index (χ0) is 24.7. The Bertz CT molecular complexity index is 1490. The van der Waals surface area contributed by atoms with Crippen molar-refractivity contribution in [3.63, 3.8) is 0 Å². The van der Waals surface area contributed by atoms with E-state index >= 15 is 0 Å². The monoisotopic (exact) mass is 471 g/mol. The van der Waals surface area contributed by atoms with E-state index in [9.17, 15) is 14.0 Å². The van der Waals surface area contributed by atoms with E-state index in [0.29, 0.717) is 17.0 Å². The highest BCUT2D eigenvalue weighted by atomic mass is 19.1. The number of hydrogen-bond donors (Lipinski definition) is 1. The molecule has 1 aliphatic rings. The molecule has 0 atom stereocenters. The molecule has 2 aromatic carbocycles. The Kier molecular flexibility index (Phi) is 5.84. The van der Waals surface area contributed by atoms with Gasteiger partial charge in [-0.25, -0.2) is 9.37 Å². The molecule has 0 aliphatic heterocycles. The van der Waals surface area contributed by atoms with Crippen molar-refractivity contribution in [1.82, 2.24) is 14.9 Å². The molecule has 0 spiro atoms. The maximum Gasteiger partial charge on any atom is 0.261 e. The lowest BCUT2D eigenvalue weighted by Gasteiger charge is -2.24. The average molecular weight is 472 g/mol. The van der Waals surface area contributed by atoms with Crippen molar-refractivity contribution in [3.05, 3.63) is 93.2 Å². The van der Waals surface area contributed by atoms with Crippen molar-refractivity contribution < 1.29 is 13.9 Å². The summed E-state index contributed by atoms with van der Waals surface area (Å²) in [6, 6.07) is 15.7. The van der Waals surface area contributed by atoms with Crippen molar-refractivity contribution in [1.29, 1.82) is 0 Å². The molecule has 1 N–H and O–H groups in total. The van der Waals surface area contributed by atoms with E-state index in [1.165, 1.54) is 12.1 Å². The summed E-state index contributed by atoms with van der Waals surface area (Å²) in [4.78, 5) is 35.5. The Hall–Kier alpha value is -4.00. The molecule has 0 radical (unpaired) electrons. The standard InChI is InChI=1S/C28H26FN3O3/c1-16-12-24(27(33)30-17(16)2)28(34)32(22-8-9-22)15-20-13-19-4-7-21(29)14-25(19)31-26(20)18-5-10-23(35-3)11-6-18/h4-7,10-14,22H,8-9,15H2,1-3H3,(H,30,33). The average Bonchev–Trinajstić information content (AvgIpc) is 3.69. The number of carbonyl (C=O) groups is 1. The highest BCUT2D eigenvalue weighted by Gasteiger charge is 2.35. The smallest absolute Gasteiger partial charge is 0.261 e. The van der Waals surface area contributed by atoms with Crippen molar-refractivity contribution in [2.75, 3.05) is 7.11 Å². The molecule has 1 aliphatic carbocycles. The first-order chi connectivity index (χ1) is 16.8. The molecule has 0 unspecified atom stereocenters. The predicted molar refractivity (Wildman–Crippen MR) is 133 cm³/mol. The number of H-pyrrole nitrogens is 1. The number of carbonyl (C=O) groups excluding carboxylic acids is 1. The van der Waals surface area contributed by atoms with E-state index < -0.39 is 0 Å². The van der Waals surface area contributed by atoms with E-state index in [1.807, 2.05) is 44.2 Å². The Labute approximate surface area is 202 Å². The number of fused-ring (bicyclic) bond motifs is 1. The van der Waals surface area contributed by atoms with Gasteiger partial charge in [-0.1, -0.05) is 0 Å². The van der Waals surface area contributed by atoms with Gasteiger partial charge in [0.15, 0.2) is 0 Å². The minimum absolute atomic E-state index is 0.0659. The Morgan fingerprint density at radius 2 is 1.86 bits per heavy atom. The molecule has 1 saturated carbocycles. The summed E-state index contributed by atoms with van der Waals surface area (Å²) in [5, 5.41) is 0.783. The summed E-state index contributed by atoms with van der Waals surface area (Å²) >= 11 is 0. The van der Waals surface area contributed by atoms with E-state index in [0.717, 1.165) is 40.6 Å². The molecule has 7 heteroatoms. The second kappa shape index (κ2) is 8.98. The molecule has 1 fully saturated rings. The van der Waals surface area contributed by atoms with Crippen LogP contribution in [0.1, 0.15) is 40.0 Å². The molecule has 1 amide bonds. The first-order valence-corrected chi connectivity index (χ1v) is 11.6. The third-order valence-electron chi connectivity index (χ3n) is 6.54. The van der Waals surface area contributed by atoms with E-state index in [-0.39, 0.29) is 35.4 Å². The van der Waals surface area contributed by atoms with Crippen LogP contribution < -0.4 is 10.3 Å². The topological polar surface area (TPSA) is 75.3 Å². The van der Waals surface area contributed by atoms with Crippen LogP contribution in [0, 0.1) is 19.7 Å². The number of nitrogens with zero attached hydrogens (tertiary/aromatic N) is 2. The molecule has 178 valence electrons. The molecular weight excluding hydrogens is 445 g/mol. The second-order valence-corrected chi connectivity index (χ2v) is 9.05. The van der Waals surface area contributed by atoms with Gasteiger partial charge >= 0.3 is 0 Å². The van der Waals surface area contributed by atoms with Crippen molar-refractivity contribution in [2.24, 2.45) is 0 Å². The molecule has 2 aromatic heterocycles. The van der Waals surface area contributed by atoms with Gasteiger partial charge in [0.05, 0.1) is 18.3 Å². The highest BCUT2D eigenvalue weighted by Crippen LogP contribution is 2.33. The van der Waals surface area contributed by atoms with Gasteiger partial charge in [-0.15, -0.1) is 0 Å². The number of benzene rings is 2. The van der Waals surface area contributed by atoms with Crippen LogP contribution in [0.3, 0.4) is 0 Å². The molecule has 5 rings (SSSR count). The second-order valence-electron chi connectivity index (χ2n) is 9.05. The number of ether oxygens (including phenoxy) is 1. The van der Waals surface area contributed by atoms with Crippen LogP contribution in [0.2, 0.25) is 0 Å². The van der Waals surface area contributed by atoms with Crippen molar-refractivity contribution in [2.45, 2.75) is 39.3 Å². The van der Waals surface area contributed by atoms with Crippen LogP contribution >= 0.6 is 0 Å². The van der Waals surface area contributed by atoms with Gasteiger partial charge in [0.25, 0.3) is 11.5 Å². The largest absolute Gasteiger partial charge is 0.497 e. The van der Waals surface area contributed by atoms with E-state index in [2.05, 4.69) is 4.98 Å². The zero-order valence-electron chi connectivity index (χ0n) is 19.9. The van der Waals surface area contributed by atoms with Gasteiger partial charge in [0, 0.05) is 35.3 Å². The third-order valence-corrected chi connectivity index (χ3v) is 6.54. The SMILES string of the molecule is COc1ccc(-c2nc3cc(F)ccc3cc2CN(C(=O)c2cc(C)c(C)[nH]c2=O)C2CC2)cc1. The number of aromatic amines is 1. The fraction of sp³-hybridized carbons (Fsp3) is 0.250. The molecule has 2 heterocycles. The number of aryl methyl sites for hydroxylation is 2. The summed E-state index contributed by atoms with van der Waals surface area (Å²) in [7, 11) is 1.60. The summed E-state index contributed by atoms with van der Waals surface area (Å²) in [6.45, 7) is 3.98. The summed E-state index contributed by atoms with van der Waals surface area (Å²) < 4.78 is 19.2. The first-order valence-electron chi connectivity index (χ1n) is 11.6. The number of nitrogens with one attached hydrogen (secondary N) is 1. The molecule has 0 saturated heterocycles.